The smallest absolute Gasteiger partial charge is 0.282 e. The molecule has 0 spiro atoms. The summed E-state index contributed by atoms with van der Waals surface area (Å²) in [6.45, 7) is 0. The number of rotatable bonds is 4. The van der Waals surface area contributed by atoms with E-state index in [1.807, 2.05) is 0 Å². The lowest BCUT2D eigenvalue weighted by Crippen LogP contribution is -2.17. The molecule has 0 unspecified atom stereocenters. The predicted octanol–water partition coefficient (Wildman–Crippen LogP) is 0.216. The zero-order chi connectivity index (χ0) is 15.4. The maximum Gasteiger partial charge on any atom is 0.282 e. The lowest BCUT2D eigenvalue weighted by Gasteiger charge is -2.06. The number of carbonyl (C=O) groups excluding carboxylic acids is 1. The van der Waals surface area contributed by atoms with Crippen molar-refractivity contribution in [2.45, 2.75) is 0 Å². The van der Waals surface area contributed by atoms with Crippen molar-refractivity contribution in [3.63, 3.8) is 0 Å². The number of nitrogens with two attached hydrogens (primary N) is 1. The summed E-state index contributed by atoms with van der Waals surface area (Å²) in [7, 11) is 0. The average Bonchev–Trinajstić information content (AvgIpc) is 2.48. The van der Waals surface area contributed by atoms with E-state index in [0.29, 0.717) is 5.69 Å². The van der Waals surface area contributed by atoms with E-state index in [4.69, 9.17) is 5.84 Å². The molecule has 10 nitrogen and oxygen atoms in total. The molecule has 108 valence electrons. The van der Waals surface area contributed by atoms with E-state index in [0.717, 1.165) is 12.1 Å². The lowest BCUT2D eigenvalue weighted by atomic mass is 10.1. The lowest BCUT2D eigenvalue weighted by molar-refractivity contribution is -0.385. The highest BCUT2D eigenvalue weighted by Crippen LogP contribution is 2.23. The van der Waals surface area contributed by atoms with Gasteiger partial charge in [-0.2, -0.15) is 5.10 Å². The van der Waals surface area contributed by atoms with Crippen molar-refractivity contribution in [3.05, 3.63) is 56.4 Å². The molecule has 0 radical (unpaired) electrons. The Kier molecular flexibility index (Phi) is 3.90. The Balaban J connectivity index is 2.35. The van der Waals surface area contributed by atoms with Gasteiger partial charge in [-0.3, -0.25) is 25.5 Å². The zero-order valence-electron chi connectivity index (χ0n) is 10.5. The molecular formula is C11H10N6O4. The molecule has 1 aromatic heterocycles. The Labute approximate surface area is 117 Å². The van der Waals surface area contributed by atoms with Crippen molar-refractivity contribution in [1.82, 2.24) is 10.2 Å². The first-order valence-electron chi connectivity index (χ1n) is 5.63. The highest BCUT2D eigenvalue weighted by molar-refractivity contribution is 6.07. The molecule has 10 heteroatoms. The quantitative estimate of drug-likeness (QED) is 0.356. The van der Waals surface area contributed by atoms with Crippen molar-refractivity contribution >= 4 is 23.1 Å². The monoisotopic (exact) mass is 290 g/mol. The number of nitro benzene ring substituents is 1. The van der Waals surface area contributed by atoms with Crippen LogP contribution >= 0.6 is 0 Å². The number of nitro groups is 1. The van der Waals surface area contributed by atoms with Crippen LogP contribution in [0.2, 0.25) is 0 Å². The first-order valence-corrected chi connectivity index (χ1v) is 5.63. The summed E-state index contributed by atoms with van der Waals surface area (Å²) < 4.78 is 0. The first kappa shape index (κ1) is 14.1. The van der Waals surface area contributed by atoms with Crippen LogP contribution in [0.1, 0.15) is 10.4 Å². The van der Waals surface area contributed by atoms with E-state index in [1.165, 1.54) is 18.2 Å². The van der Waals surface area contributed by atoms with Crippen molar-refractivity contribution in [1.29, 1.82) is 0 Å². The van der Waals surface area contributed by atoms with Gasteiger partial charge in [-0.25, -0.2) is 5.10 Å². The van der Waals surface area contributed by atoms with Gasteiger partial charge in [-0.1, -0.05) is 0 Å². The molecule has 0 aliphatic rings. The number of hydrazine groups is 1. The van der Waals surface area contributed by atoms with Gasteiger partial charge < -0.3 is 10.7 Å². The minimum atomic E-state index is -0.752. The highest BCUT2D eigenvalue weighted by atomic mass is 16.6. The molecular weight excluding hydrogens is 280 g/mol. The molecule has 1 aromatic carbocycles. The fourth-order valence-corrected chi connectivity index (χ4v) is 1.56. The summed E-state index contributed by atoms with van der Waals surface area (Å²) in [6, 6.07) is 6.19. The highest BCUT2D eigenvalue weighted by Gasteiger charge is 2.21. The number of amides is 1. The van der Waals surface area contributed by atoms with Gasteiger partial charge in [0.15, 0.2) is 5.82 Å². The second-order valence-corrected chi connectivity index (χ2v) is 3.89. The summed E-state index contributed by atoms with van der Waals surface area (Å²) in [6.07, 6.45) is 0. The van der Waals surface area contributed by atoms with Gasteiger partial charge in [0, 0.05) is 17.8 Å². The van der Waals surface area contributed by atoms with E-state index in [-0.39, 0.29) is 17.1 Å². The Morgan fingerprint density at radius 1 is 1.33 bits per heavy atom. The number of aromatic amines is 1. The summed E-state index contributed by atoms with van der Waals surface area (Å²) in [5.74, 6) is 4.51. The number of anilines is 2. The Morgan fingerprint density at radius 2 is 2.10 bits per heavy atom. The van der Waals surface area contributed by atoms with Crippen LogP contribution in [0.4, 0.5) is 17.2 Å². The third kappa shape index (κ3) is 3.19. The van der Waals surface area contributed by atoms with Gasteiger partial charge >= 0.3 is 0 Å². The summed E-state index contributed by atoms with van der Waals surface area (Å²) in [5, 5.41) is 19.0. The molecule has 0 atom stereocenters. The predicted molar refractivity (Wildman–Crippen MR) is 73.7 cm³/mol. The molecule has 0 saturated carbocycles. The Morgan fingerprint density at radius 3 is 2.67 bits per heavy atom. The number of aromatic nitrogens is 2. The second-order valence-electron chi connectivity index (χ2n) is 3.89. The molecule has 0 aliphatic heterocycles. The Hall–Kier alpha value is -3.27. The van der Waals surface area contributed by atoms with Gasteiger partial charge in [-0.15, -0.1) is 0 Å². The molecule has 2 rings (SSSR count). The fraction of sp³-hybridized carbons (Fsp3) is 0. The Bertz CT molecular complexity index is 736. The van der Waals surface area contributed by atoms with Gasteiger partial charge in [0.1, 0.15) is 5.56 Å². The maximum atomic E-state index is 12.1. The van der Waals surface area contributed by atoms with E-state index >= 15 is 0 Å². The molecule has 0 bridgehead atoms. The van der Waals surface area contributed by atoms with E-state index < -0.39 is 16.4 Å². The van der Waals surface area contributed by atoms with E-state index in [2.05, 4.69) is 20.9 Å². The van der Waals surface area contributed by atoms with E-state index in [9.17, 15) is 19.7 Å². The van der Waals surface area contributed by atoms with Crippen LogP contribution in [0.3, 0.4) is 0 Å². The zero-order valence-corrected chi connectivity index (χ0v) is 10.5. The van der Waals surface area contributed by atoms with Crippen LogP contribution in [0.25, 0.3) is 0 Å². The van der Waals surface area contributed by atoms with Crippen LogP contribution in [0.15, 0.2) is 35.1 Å². The van der Waals surface area contributed by atoms with Crippen LogP contribution < -0.4 is 22.1 Å². The summed E-state index contributed by atoms with van der Waals surface area (Å²) >= 11 is 0. The van der Waals surface area contributed by atoms with Crippen LogP contribution in [-0.4, -0.2) is 21.0 Å². The number of carbonyl (C=O) groups is 1. The standard InChI is InChI=1S/C11H10N6O4/c12-14-6-1-2-8(17(20)21)7(5-6)11(19)13-9-3-4-10(18)16-15-9/h1-5,14H,12H2,(H,16,18)(H,13,15,19). The summed E-state index contributed by atoms with van der Waals surface area (Å²) in [4.78, 5) is 33.2. The van der Waals surface area contributed by atoms with Crippen molar-refractivity contribution in [2.75, 3.05) is 10.7 Å². The van der Waals surface area contributed by atoms with Crippen molar-refractivity contribution in [3.8, 4) is 0 Å². The van der Waals surface area contributed by atoms with Crippen LogP contribution in [0, 0.1) is 10.1 Å². The number of hydrogen-bond acceptors (Lipinski definition) is 7. The molecule has 2 aromatic rings. The molecule has 0 saturated heterocycles. The van der Waals surface area contributed by atoms with Crippen LogP contribution in [-0.2, 0) is 0 Å². The van der Waals surface area contributed by atoms with Crippen LogP contribution in [0.5, 0.6) is 0 Å². The SMILES string of the molecule is NNc1ccc([N+](=O)[O-])c(C(=O)Nc2ccc(=O)[nH]n2)c1. The molecule has 0 aliphatic carbocycles. The number of benzene rings is 1. The molecule has 21 heavy (non-hydrogen) atoms. The third-order valence-electron chi connectivity index (χ3n) is 2.53. The molecule has 5 N–H and O–H groups in total. The number of nitrogens with zero attached hydrogens (tertiary/aromatic N) is 2. The molecule has 0 fully saturated rings. The third-order valence-corrected chi connectivity index (χ3v) is 2.53. The summed E-state index contributed by atoms with van der Waals surface area (Å²) in [5.41, 5.74) is 1.62. The topological polar surface area (TPSA) is 156 Å². The van der Waals surface area contributed by atoms with Gasteiger partial charge in [0.2, 0.25) is 0 Å². The van der Waals surface area contributed by atoms with Crippen molar-refractivity contribution < 1.29 is 9.72 Å². The largest absolute Gasteiger partial charge is 0.324 e. The average molecular weight is 290 g/mol. The minimum absolute atomic E-state index is 0.0556. The van der Waals surface area contributed by atoms with Gasteiger partial charge in [0.25, 0.3) is 17.2 Å². The van der Waals surface area contributed by atoms with Gasteiger partial charge in [-0.05, 0) is 18.2 Å². The molecule has 1 amide bonds. The number of nitrogens with one attached hydrogen (secondary N) is 3. The van der Waals surface area contributed by atoms with Crippen molar-refractivity contribution in [2.24, 2.45) is 5.84 Å². The minimum Gasteiger partial charge on any atom is -0.324 e. The van der Waals surface area contributed by atoms with E-state index in [1.54, 1.807) is 0 Å². The number of nitrogen functional groups attached to an aromatic ring is 1. The fourth-order valence-electron chi connectivity index (χ4n) is 1.56. The number of H-pyrrole nitrogens is 1. The molecule has 1 heterocycles. The number of hydrogen-bond donors (Lipinski definition) is 4. The maximum absolute atomic E-state index is 12.1. The van der Waals surface area contributed by atoms with Gasteiger partial charge in [0.05, 0.1) is 4.92 Å². The first-order chi connectivity index (χ1) is 10.0. The second kappa shape index (κ2) is 5.79. The normalized spacial score (nSPS) is 9.95.